The van der Waals surface area contributed by atoms with E-state index in [1.165, 1.54) is 0 Å². The molecule has 1 rings (SSSR count). The Morgan fingerprint density at radius 2 is 2.38 bits per heavy atom. The van der Waals surface area contributed by atoms with Gasteiger partial charge in [0.1, 0.15) is 10.8 Å². The lowest BCUT2D eigenvalue weighted by Crippen LogP contribution is -2.32. The van der Waals surface area contributed by atoms with Gasteiger partial charge >= 0.3 is 0 Å². The van der Waals surface area contributed by atoms with E-state index in [0.29, 0.717) is 6.42 Å². The molecule has 1 amide bonds. The summed E-state index contributed by atoms with van der Waals surface area (Å²) in [5, 5.41) is 12.3. The Hall–Kier alpha value is -1.13. The zero-order chi connectivity index (χ0) is 12.0. The van der Waals surface area contributed by atoms with E-state index in [9.17, 15) is 9.90 Å². The summed E-state index contributed by atoms with van der Waals surface area (Å²) in [6, 6.07) is 4.84. The van der Waals surface area contributed by atoms with Crippen LogP contribution >= 0.6 is 11.6 Å². The van der Waals surface area contributed by atoms with E-state index in [-0.39, 0.29) is 23.3 Å². The van der Waals surface area contributed by atoms with E-state index in [2.05, 4.69) is 10.3 Å². The molecular formula is C11H15ClN2O2. The van der Waals surface area contributed by atoms with E-state index in [1.807, 2.05) is 6.92 Å². The fraction of sp³-hybridized carbons (Fsp3) is 0.455. The molecule has 88 valence electrons. The number of amides is 1. The zero-order valence-corrected chi connectivity index (χ0v) is 9.87. The first kappa shape index (κ1) is 12.9. The van der Waals surface area contributed by atoms with E-state index >= 15 is 0 Å². The molecule has 1 unspecified atom stereocenters. The van der Waals surface area contributed by atoms with Crippen LogP contribution in [0.5, 0.6) is 0 Å². The first-order valence-corrected chi connectivity index (χ1v) is 5.60. The van der Waals surface area contributed by atoms with Gasteiger partial charge in [-0.15, -0.1) is 0 Å². The second-order valence-electron chi connectivity index (χ2n) is 3.50. The number of hydrogen-bond donors (Lipinski definition) is 2. The Morgan fingerprint density at radius 3 is 3.00 bits per heavy atom. The minimum absolute atomic E-state index is 0.237. The second kappa shape index (κ2) is 6.45. The van der Waals surface area contributed by atoms with Gasteiger partial charge in [0.15, 0.2) is 0 Å². The molecule has 1 atom stereocenters. The van der Waals surface area contributed by atoms with Gasteiger partial charge in [0.2, 0.25) is 0 Å². The highest BCUT2D eigenvalue weighted by Crippen LogP contribution is 2.04. The Morgan fingerprint density at radius 1 is 1.62 bits per heavy atom. The van der Waals surface area contributed by atoms with Crippen LogP contribution in [-0.2, 0) is 0 Å². The number of pyridine rings is 1. The van der Waals surface area contributed by atoms with Gasteiger partial charge in [0, 0.05) is 6.54 Å². The van der Waals surface area contributed by atoms with Crippen molar-refractivity contribution in [2.24, 2.45) is 0 Å². The fourth-order valence-corrected chi connectivity index (χ4v) is 1.43. The number of aromatic nitrogens is 1. The van der Waals surface area contributed by atoms with Crippen molar-refractivity contribution in [2.75, 3.05) is 6.54 Å². The number of rotatable bonds is 5. The maximum atomic E-state index is 11.6. The average Bonchev–Trinajstić information content (AvgIpc) is 2.26. The summed E-state index contributed by atoms with van der Waals surface area (Å²) in [4.78, 5) is 15.4. The molecule has 0 aliphatic rings. The molecule has 1 aromatic heterocycles. The van der Waals surface area contributed by atoms with E-state index < -0.39 is 6.10 Å². The second-order valence-corrected chi connectivity index (χ2v) is 3.89. The lowest BCUT2D eigenvalue weighted by atomic mass is 10.2. The van der Waals surface area contributed by atoms with E-state index in [4.69, 9.17) is 11.6 Å². The lowest BCUT2D eigenvalue weighted by molar-refractivity contribution is 0.0905. The van der Waals surface area contributed by atoms with Gasteiger partial charge in [0.25, 0.3) is 5.91 Å². The molecule has 0 radical (unpaired) electrons. The number of nitrogens with zero attached hydrogens (tertiary/aromatic N) is 1. The van der Waals surface area contributed by atoms with Crippen LogP contribution in [0.1, 0.15) is 30.3 Å². The summed E-state index contributed by atoms with van der Waals surface area (Å²) in [5.74, 6) is -0.322. The van der Waals surface area contributed by atoms with Gasteiger partial charge in [-0.3, -0.25) is 4.79 Å². The van der Waals surface area contributed by atoms with Crippen molar-refractivity contribution in [3.8, 4) is 0 Å². The molecule has 5 heteroatoms. The molecule has 0 fully saturated rings. The SMILES string of the molecule is CCCC(O)CNC(=O)c1cccc(Cl)n1. The first-order valence-electron chi connectivity index (χ1n) is 5.22. The third kappa shape index (κ3) is 4.16. The third-order valence-electron chi connectivity index (χ3n) is 2.07. The average molecular weight is 243 g/mol. The minimum Gasteiger partial charge on any atom is -0.391 e. The van der Waals surface area contributed by atoms with Crippen LogP contribution in [0, 0.1) is 0 Å². The summed E-state index contributed by atoms with van der Waals surface area (Å²) in [6.07, 6.45) is 1.04. The van der Waals surface area contributed by atoms with Crippen molar-refractivity contribution in [3.63, 3.8) is 0 Å². The number of carbonyl (C=O) groups excluding carboxylic acids is 1. The maximum Gasteiger partial charge on any atom is 0.270 e. The van der Waals surface area contributed by atoms with E-state index in [0.717, 1.165) is 6.42 Å². The Bertz CT molecular complexity index is 358. The summed E-state index contributed by atoms with van der Waals surface area (Å²) in [6.45, 7) is 2.21. The van der Waals surface area contributed by atoms with Crippen molar-refractivity contribution in [3.05, 3.63) is 29.0 Å². The molecule has 0 aliphatic heterocycles. The van der Waals surface area contributed by atoms with Gasteiger partial charge in [-0.2, -0.15) is 0 Å². The number of aliphatic hydroxyl groups excluding tert-OH is 1. The molecule has 0 saturated heterocycles. The van der Waals surface area contributed by atoms with Crippen LogP contribution < -0.4 is 5.32 Å². The van der Waals surface area contributed by atoms with Crippen LogP contribution in [0.15, 0.2) is 18.2 Å². The predicted octanol–water partition coefficient (Wildman–Crippen LogP) is 1.63. The van der Waals surface area contributed by atoms with Gasteiger partial charge in [-0.1, -0.05) is 31.0 Å². The molecule has 2 N–H and O–H groups in total. The van der Waals surface area contributed by atoms with Gasteiger partial charge in [-0.05, 0) is 18.6 Å². The largest absolute Gasteiger partial charge is 0.391 e. The van der Waals surface area contributed by atoms with Crippen molar-refractivity contribution >= 4 is 17.5 Å². The highest BCUT2D eigenvalue weighted by molar-refractivity contribution is 6.29. The van der Waals surface area contributed by atoms with Crippen molar-refractivity contribution in [1.29, 1.82) is 0 Å². The molecule has 4 nitrogen and oxygen atoms in total. The normalized spacial score (nSPS) is 12.2. The molecular weight excluding hydrogens is 228 g/mol. The summed E-state index contributed by atoms with van der Waals surface area (Å²) in [5.41, 5.74) is 0.260. The third-order valence-corrected chi connectivity index (χ3v) is 2.28. The van der Waals surface area contributed by atoms with Crippen molar-refractivity contribution < 1.29 is 9.90 Å². The molecule has 16 heavy (non-hydrogen) atoms. The molecule has 1 heterocycles. The highest BCUT2D eigenvalue weighted by Gasteiger charge is 2.09. The molecule has 1 aromatic rings. The molecule has 0 saturated carbocycles. The maximum absolute atomic E-state index is 11.6. The smallest absolute Gasteiger partial charge is 0.270 e. The topological polar surface area (TPSA) is 62.2 Å². The molecule has 0 aromatic carbocycles. The van der Waals surface area contributed by atoms with Crippen LogP contribution in [0.2, 0.25) is 5.15 Å². The monoisotopic (exact) mass is 242 g/mol. The highest BCUT2D eigenvalue weighted by atomic mass is 35.5. The van der Waals surface area contributed by atoms with Crippen LogP contribution in [0.4, 0.5) is 0 Å². The predicted molar refractivity (Wildman–Crippen MR) is 62.5 cm³/mol. The van der Waals surface area contributed by atoms with Gasteiger partial charge in [-0.25, -0.2) is 4.98 Å². The number of hydrogen-bond acceptors (Lipinski definition) is 3. The zero-order valence-electron chi connectivity index (χ0n) is 9.11. The first-order chi connectivity index (χ1) is 7.63. The molecule has 0 bridgehead atoms. The number of carbonyl (C=O) groups is 1. The summed E-state index contributed by atoms with van der Waals surface area (Å²) >= 11 is 5.66. The van der Waals surface area contributed by atoms with Gasteiger partial charge in [0.05, 0.1) is 6.10 Å². The lowest BCUT2D eigenvalue weighted by Gasteiger charge is -2.10. The van der Waals surface area contributed by atoms with Crippen molar-refractivity contribution in [1.82, 2.24) is 10.3 Å². The minimum atomic E-state index is -0.506. The molecule has 0 aliphatic carbocycles. The van der Waals surface area contributed by atoms with Crippen LogP contribution in [0.3, 0.4) is 0 Å². The number of aliphatic hydroxyl groups is 1. The van der Waals surface area contributed by atoms with E-state index in [1.54, 1.807) is 18.2 Å². The quantitative estimate of drug-likeness (QED) is 0.772. The summed E-state index contributed by atoms with van der Waals surface area (Å²) < 4.78 is 0. The Kier molecular flexibility index (Phi) is 5.22. The Balaban J connectivity index is 2.47. The molecule has 0 spiro atoms. The number of nitrogens with one attached hydrogen (secondary N) is 1. The summed E-state index contributed by atoms with van der Waals surface area (Å²) in [7, 11) is 0. The number of halogens is 1. The standard InChI is InChI=1S/C11H15ClN2O2/c1-2-4-8(15)7-13-11(16)9-5-3-6-10(12)14-9/h3,5-6,8,15H,2,4,7H2,1H3,(H,13,16). The van der Waals surface area contributed by atoms with Crippen molar-refractivity contribution in [2.45, 2.75) is 25.9 Å². The van der Waals surface area contributed by atoms with Crippen LogP contribution in [-0.4, -0.2) is 28.6 Å². The Labute approximate surface area is 99.6 Å². The van der Waals surface area contributed by atoms with Gasteiger partial charge < -0.3 is 10.4 Å². The van der Waals surface area contributed by atoms with Crippen LogP contribution in [0.25, 0.3) is 0 Å². The fourth-order valence-electron chi connectivity index (χ4n) is 1.27.